The van der Waals surface area contributed by atoms with E-state index >= 15 is 0 Å². The average molecular weight is 311 g/mol. The van der Waals surface area contributed by atoms with Gasteiger partial charge in [-0.15, -0.1) is 10.2 Å². The molecule has 0 saturated heterocycles. The van der Waals surface area contributed by atoms with Gasteiger partial charge in [-0.25, -0.2) is 0 Å². The molecule has 1 aromatic carbocycles. The summed E-state index contributed by atoms with van der Waals surface area (Å²) < 4.78 is 5.81. The van der Waals surface area contributed by atoms with Crippen molar-refractivity contribution in [2.75, 3.05) is 13.6 Å². The van der Waals surface area contributed by atoms with Gasteiger partial charge in [-0.3, -0.25) is 4.90 Å². The highest BCUT2D eigenvalue weighted by Crippen LogP contribution is 2.64. The molecule has 2 aromatic rings. The molecule has 0 bridgehead atoms. The van der Waals surface area contributed by atoms with Crippen LogP contribution in [0.25, 0.3) is 0 Å². The molecule has 1 atom stereocenters. The Morgan fingerprint density at radius 1 is 1.17 bits per heavy atom. The van der Waals surface area contributed by atoms with Gasteiger partial charge in [0.25, 0.3) is 0 Å². The number of benzene rings is 1. The van der Waals surface area contributed by atoms with Crippen LogP contribution in [0.5, 0.6) is 0 Å². The first-order chi connectivity index (χ1) is 11.0. The minimum Gasteiger partial charge on any atom is -0.424 e. The molecule has 0 unspecified atom stereocenters. The number of aromatic nitrogens is 2. The van der Waals surface area contributed by atoms with Gasteiger partial charge in [0.1, 0.15) is 0 Å². The average Bonchev–Trinajstić information content (AvgIpc) is 3.40. The fourth-order valence-electron chi connectivity index (χ4n) is 3.89. The lowest BCUT2D eigenvalue weighted by Gasteiger charge is -2.26. The topological polar surface area (TPSA) is 42.2 Å². The lowest BCUT2D eigenvalue weighted by molar-refractivity contribution is 0.245. The van der Waals surface area contributed by atoms with E-state index in [1.54, 1.807) is 0 Å². The molecule has 4 rings (SSSR count). The summed E-state index contributed by atoms with van der Waals surface area (Å²) in [5, 5.41) is 8.41. The molecule has 2 aliphatic rings. The fraction of sp³-hybridized carbons (Fsp3) is 0.579. The molecule has 1 aromatic heterocycles. The van der Waals surface area contributed by atoms with E-state index in [0.29, 0.717) is 11.3 Å². The second-order valence-electron chi connectivity index (χ2n) is 7.99. The summed E-state index contributed by atoms with van der Waals surface area (Å²) in [7, 11) is 2.15. The Morgan fingerprint density at radius 2 is 1.87 bits per heavy atom. The molecule has 23 heavy (non-hydrogen) atoms. The third-order valence-corrected chi connectivity index (χ3v) is 5.59. The molecule has 122 valence electrons. The van der Waals surface area contributed by atoms with E-state index in [1.165, 1.54) is 24.8 Å². The molecule has 2 aliphatic carbocycles. The van der Waals surface area contributed by atoms with Gasteiger partial charge in [0.05, 0.1) is 6.54 Å². The van der Waals surface area contributed by atoms with Gasteiger partial charge in [0, 0.05) is 17.9 Å². The van der Waals surface area contributed by atoms with E-state index in [4.69, 9.17) is 4.42 Å². The molecule has 0 spiro atoms. The Bertz CT molecular complexity index is 690. The monoisotopic (exact) mass is 311 g/mol. The van der Waals surface area contributed by atoms with E-state index in [2.05, 4.69) is 66.3 Å². The van der Waals surface area contributed by atoms with Crippen LogP contribution in [0, 0.1) is 5.41 Å². The van der Waals surface area contributed by atoms with Gasteiger partial charge in [0.2, 0.25) is 11.8 Å². The predicted octanol–water partition coefficient (Wildman–Crippen LogP) is 3.75. The van der Waals surface area contributed by atoms with Gasteiger partial charge < -0.3 is 4.42 Å². The van der Waals surface area contributed by atoms with Gasteiger partial charge >= 0.3 is 0 Å². The van der Waals surface area contributed by atoms with Gasteiger partial charge in [-0.1, -0.05) is 44.2 Å². The highest BCUT2D eigenvalue weighted by atomic mass is 16.4. The zero-order valence-electron chi connectivity index (χ0n) is 14.2. The van der Waals surface area contributed by atoms with E-state index in [-0.39, 0.29) is 5.41 Å². The molecule has 0 amide bonds. The van der Waals surface area contributed by atoms with Crippen LogP contribution in [0.3, 0.4) is 0 Å². The number of hydrogen-bond donors (Lipinski definition) is 0. The Balaban J connectivity index is 1.47. The molecule has 0 aliphatic heterocycles. The molecule has 0 radical (unpaired) electrons. The maximum Gasteiger partial charge on any atom is 0.230 e. The molecule has 2 saturated carbocycles. The standard InChI is InChI=1S/C19H25N3O/c1-18(2)12-19(18,15-7-5-4-6-8-15)13-22(3)11-16-20-21-17(23-16)14-9-10-14/h4-8,14H,9-13H2,1-3H3/t19-/m1/s1. The lowest BCUT2D eigenvalue weighted by Crippen LogP contribution is -2.32. The Kier molecular flexibility index (Phi) is 3.34. The molecular formula is C19H25N3O. The summed E-state index contributed by atoms with van der Waals surface area (Å²) in [5.74, 6) is 2.11. The first-order valence-corrected chi connectivity index (χ1v) is 8.57. The first-order valence-electron chi connectivity index (χ1n) is 8.57. The molecule has 4 heteroatoms. The minimum absolute atomic E-state index is 0.238. The third-order valence-electron chi connectivity index (χ3n) is 5.59. The summed E-state index contributed by atoms with van der Waals surface area (Å²) >= 11 is 0. The van der Waals surface area contributed by atoms with E-state index in [1.807, 2.05) is 0 Å². The Hall–Kier alpha value is -1.68. The van der Waals surface area contributed by atoms with Crippen molar-refractivity contribution in [1.82, 2.24) is 15.1 Å². The molecule has 1 heterocycles. The highest BCUT2D eigenvalue weighted by Gasteiger charge is 2.61. The fourth-order valence-corrected chi connectivity index (χ4v) is 3.89. The first kappa shape index (κ1) is 14.9. The number of rotatable bonds is 6. The van der Waals surface area contributed by atoms with Crippen molar-refractivity contribution < 1.29 is 4.42 Å². The van der Waals surface area contributed by atoms with E-state index in [9.17, 15) is 0 Å². The molecule has 0 N–H and O–H groups in total. The molecule has 2 fully saturated rings. The lowest BCUT2D eigenvalue weighted by atomic mass is 9.87. The Morgan fingerprint density at radius 3 is 2.48 bits per heavy atom. The normalized spacial score (nSPS) is 25.7. The second kappa shape index (κ2) is 5.17. The predicted molar refractivity (Wildman–Crippen MR) is 89.1 cm³/mol. The quantitative estimate of drug-likeness (QED) is 0.815. The summed E-state index contributed by atoms with van der Waals surface area (Å²) in [6.07, 6.45) is 3.62. The summed E-state index contributed by atoms with van der Waals surface area (Å²) in [4.78, 5) is 2.33. The number of hydrogen-bond acceptors (Lipinski definition) is 4. The highest BCUT2D eigenvalue weighted by molar-refractivity contribution is 5.37. The zero-order chi connectivity index (χ0) is 16.1. The smallest absolute Gasteiger partial charge is 0.230 e. The Labute approximate surface area is 137 Å². The van der Waals surface area contributed by atoms with Gasteiger partial charge in [-0.2, -0.15) is 0 Å². The largest absolute Gasteiger partial charge is 0.424 e. The summed E-state index contributed by atoms with van der Waals surface area (Å²) in [6, 6.07) is 10.9. The van der Waals surface area contributed by atoms with Crippen LogP contribution in [0.2, 0.25) is 0 Å². The molecule has 4 nitrogen and oxygen atoms in total. The van der Waals surface area contributed by atoms with Crippen molar-refractivity contribution in [1.29, 1.82) is 0 Å². The summed E-state index contributed by atoms with van der Waals surface area (Å²) in [5.41, 5.74) is 2.03. The van der Waals surface area contributed by atoms with Crippen LogP contribution >= 0.6 is 0 Å². The van der Waals surface area contributed by atoms with Crippen LogP contribution < -0.4 is 0 Å². The SMILES string of the molecule is CN(Cc1nnc(C2CC2)o1)C[C@@]1(c2ccccc2)CC1(C)C. The number of nitrogens with zero attached hydrogens (tertiary/aromatic N) is 3. The van der Waals surface area contributed by atoms with Crippen LogP contribution in [0.4, 0.5) is 0 Å². The van der Waals surface area contributed by atoms with Crippen molar-refractivity contribution in [3.8, 4) is 0 Å². The molecular weight excluding hydrogens is 286 g/mol. The summed E-state index contributed by atoms with van der Waals surface area (Å²) in [6.45, 7) is 6.48. The van der Waals surface area contributed by atoms with Crippen LogP contribution in [-0.4, -0.2) is 28.7 Å². The van der Waals surface area contributed by atoms with Crippen LogP contribution in [-0.2, 0) is 12.0 Å². The van der Waals surface area contributed by atoms with Crippen molar-refractivity contribution >= 4 is 0 Å². The maximum absolute atomic E-state index is 5.81. The van der Waals surface area contributed by atoms with Crippen molar-refractivity contribution in [2.24, 2.45) is 5.41 Å². The zero-order valence-corrected chi connectivity index (χ0v) is 14.2. The minimum atomic E-state index is 0.238. The number of likely N-dealkylation sites (N-methyl/N-ethyl adjacent to an activating group) is 1. The van der Waals surface area contributed by atoms with Crippen molar-refractivity contribution in [3.05, 3.63) is 47.7 Å². The van der Waals surface area contributed by atoms with Gasteiger partial charge in [0.15, 0.2) is 0 Å². The van der Waals surface area contributed by atoms with Crippen LogP contribution in [0.1, 0.15) is 56.4 Å². The van der Waals surface area contributed by atoms with Crippen molar-refractivity contribution in [3.63, 3.8) is 0 Å². The van der Waals surface area contributed by atoms with Crippen LogP contribution in [0.15, 0.2) is 34.7 Å². The van der Waals surface area contributed by atoms with E-state index in [0.717, 1.165) is 24.9 Å². The third kappa shape index (κ3) is 2.69. The maximum atomic E-state index is 5.81. The van der Waals surface area contributed by atoms with Crippen molar-refractivity contribution in [2.45, 2.75) is 51.0 Å². The van der Waals surface area contributed by atoms with Gasteiger partial charge in [-0.05, 0) is 37.3 Å². The second-order valence-corrected chi connectivity index (χ2v) is 7.99. The van der Waals surface area contributed by atoms with E-state index < -0.39 is 0 Å².